The molecule has 0 aromatic heterocycles. The summed E-state index contributed by atoms with van der Waals surface area (Å²) in [7, 11) is 1.68. The Kier molecular flexibility index (Phi) is 8.25. The van der Waals surface area contributed by atoms with Gasteiger partial charge in [-0.2, -0.15) is 0 Å². The summed E-state index contributed by atoms with van der Waals surface area (Å²) in [6, 6.07) is 15.2. The number of unbranched alkanes of at least 4 members (excludes halogenated alkanes) is 1. The SMILES string of the molecule is COCCCCN(Cc1ccccc1)C(=O)Nc1ccc(Br)cc1Cl. The lowest BCUT2D eigenvalue weighted by Gasteiger charge is -2.23. The maximum absolute atomic E-state index is 12.7. The maximum atomic E-state index is 12.7. The number of urea groups is 1. The van der Waals surface area contributed by atoms with E-state index in [0.717, 1.165) is 22.9 Å². The van der Waals surface area contributed by atoms with Crippen LogP contribution in [0.15, 0.2) is 53.0 Å². The summed E-state index contributed by atoms with van der Waals surface area (Å²) in [6.07, 6.45) is 1.79. The van der Waals surface area contributed by atoms with E-state index in [1.165, 1.54) is 0 Å². The number of amides is 2. The third-order valence-corrected chi connectivity index (χ3v) is 4.51. The molecule has 0 unspecified atom stereocenters. The number of nitrogens with one attached hydrogen (secondary N) is 1. The van der Waals surface area contributed by atoms with Gasteiger partial charge >= 0.3 is 6.03 Å². The van der Waals surface area contributed by atoms with Gasteiger partial charge in [0, 0.05) is 31.3 Å². The average Bonchev–Trinajstić information content (AvgIpc) is 2.61. The van der Waals surface area contributed by atoms with E-state index >= 15 is 0 Å². The van der Waals surface area contributed by atoms with Crippen LogP contribution in [0.2, 0.25) is 5.02 Å². The molecule has 134 valence electrons. The van der Waals surface area contributed by atoms with Crippen molar-refractivity contribution in [3.05, 3.63) is 63.6 Å². The molecule has 0 fully saturated rings. The lowest BCUT2D eigenvalue weighted by molar-refractivity contribution is 0.182. The first-order valence-corrected chi connectivity index (χ1v) is 9.31. The number of ether oxygens (including phenoxy) is 1. The predicted octanol–water partition coefficient (Wildman–Crippen LogP) is 5.56. The van der Waals surface area contributed by atoms with Crippen LogP contribution < -0.4 is 5.32 Å². The predicted molar refractivity (Wildman–Crippen MR) is 106 cm³/mol. The Bertz CT molecular complexity index is 682. The minimum absolute atomic E-state index is 0.162. The molecule has 0 radical (unpaired) electrons. The van der Waals surface area contributed by atoms with Gasteiger partial charge in [0.2, 0.25) is 0 Å². The second kappa shape index (κ2) is 10.4. The Labute approximate surface area is 162 Å². The van der Waals surface area contributed by atoms with E-state index in [0.29, 0.717) is 30.4 Å². The van der Waals surface area contributed by atoms with Crippen LogP contribution in [-0.2, 0) is 11.3 Å². The summed E-state index contributed by atoms with van der Waals surface area (Å²) in [5.74, 6) is 0. The highest BCUT2D eigenvalue weighted by Gasteiger charge is 2.15. The van der Waals surface area contributed by atoms with E-state index in [1.54, 1.807) is 24.1 Å². The number of methoxy groups -OCH3 is 1. The van der Waals surface area contributed by atoms with Crippen LogP contribution in [0.4, 0.5) is 10.5 Å². The number of halogens is 2. The topological polar surface area (TPSA) is 41.6 Å². The number of rotatable bonds is 8. The van der Waals surface area contributed by atoms with Crippen LogP contribution in [0.3, 0.4) is 0 Å². The van der Waals surface area contributed by atoms with E-state index < -0.39 is 0 Å². The number of anilines is 1. The van der Waals surface area contributed by atoms with E-state index in [9.17, 15) is 4.79 Å². The van der Waals surface area contributed by atoms with Crippen molar-refractivity contribution in [1.82, 2.24) is 4.90 Å². The second-order valence-corrected chi connectivity index (χ2v) is 6.98. The Morgan fingerprint density at radius 1 is 1.20 bits per heavy atom. The van der Waals surface area contributed by atoms with E-state index in [4.69, 9.17) is 16.3 Å². The van der Waals surface area contributed by atoms with Crippen molar-refractivity contribution in [2.45, 2.75) is 19.4 Å². The first-order chi connectivity index (χ1) is 12.1. The Morgan fingerprint density at radius 3 is 2.64 bits per heavy atom. The molecule has 25 heavy (non-hydrogen) atoms. The molecule has 1 N–H and O–H groups in total. The fourth-order valence-electron chi connectivity index (χ4n) is 2.39. The van der Waals surface area contributed by atoms with Crippen LogP contribution >= 0.6 is 27.5 Å². The van der Waals surface area contributed by atoms with Gasteiger partial charge in [-0.25, -0.2) is 4.79 Å². The highest BCUT2D eigenvalue weighted by molar-refractivity contribution is 9.10. The van der Waals surface area contributed by atoms with Gasteiger partial charge in [0.1, 0.15) is 0 Å². The highest BCUT2D eigenvalue weighted by Crippen LogP contribution is 2.26. The molecule has 0 spiro atoms. The minimum atomic E-state index is -0.162. The molecule has 0 saturated heterocycles. The quantitative estimate of drug-likeness (QED) is 0.562. The normalized spacial score (nSPS) is 10.5. The van der Waals surface area contributed by atoms with Crippen LogP contribution in [0.25, 0.3) is 0 Å². The molecule has 6 heteroatoms. The molecule has 0 atom stereocenters. The molecule has 2 amide bonds. The second-order valence-electron chi connectivity index (χ2n) is 5.66. The molecule has 2 aromatic rings. The zero-order chi connectivity index (χ0) is 18.1. The van der Waals surface area contributed by atoms with Crippen molar-refractivity contribution in [2.75, 3.05) is 25.6 Å². The summed E-state index contributed by atoms with van der Waals surface area (Å²) in [4.78, 5) is 14.5. The van der Waals surface area contributed by atoms with Crippen LogP contribution in [0.5, 0.6) is 0 Å². The van der Waals surface area contributed by atoms with E-state index in [-0.39, 0.29) is 6.03 Å². The molecule has 0 aliphatic heterocycles. The van der Waals surface area contributed by atoms with E-state index in [2.05, 4.69) is 21.2 Å². The standard InChI is InChI=1S/C19H22BrClN2O2/c1-25-12-6-5-11-23(14-15-7-3-2-4-8-15)19(24)22-18-10-9-16(20)13-17(18)21/h2-4,7-10,13H,5-6,11-12,14H2,1H3,(H,22,24). The molecule has 0 aliphatic rings. The fourth-order valence-corrected chi connectivity index (χ4v) is 3.11. The molecular formula is C19H22BrClN2O2. The summed E-state index contributed by atoms with van der Waals surface area (Å²) in [6.45, 7) is 1.89. The monoisotopic (exact) mass is 424 g/mol. The summed E-state index contributed by atoms with van der Waals surface area (Å²) < 4.78 is 5.96. The van der Waals surface area contributed by atoms with Gasteiger partial charge < -0.3 is 15.0 Å². The molecule has 4 nitrogen and oxygen atoms in total. The van der Waals surface area contributed by atoms with Crippen LogP contribution in [0, 0.1) is 0 Å². The highest BCUT2D eigenvalue weighted by atomic mass is 79.9. The zero-order valence-corrected chi connectivity index (χ0v) is 16.5. The number of benzene rings is 2. The van der Waals surface area contributed by atoms with Gasteiger partial charge in [-0.1, -0.05) is 57.9 Å². The van der Waals surface area contributed by atoms with Crippen LogP contribution in [0.1, 0.15) is 18.4 Å². The lowest BCUT2D eigenvalue weighted by Crippen LogP contribution is -2.35. The van der Waals surface area contributed by atoms with Crippen molar-refractivity contribution in [3.63, 3.8) is 0 Å². The smallest absolute Gasteiger partial charge is 0.322 e. The number of nitrogens with zero attached hydrogens (tertiary/aromatic N) is 1. The van der Waals surface area contributed by atoms with Crippen molar-refractivity contribution < 1.29 is 9.53 Å². The van der Waals surface area contributed by atoms with Gasteiger partial charge in [0.15, 0.2) is 0 Å². The number of carbonyl (C=O) groups excluding carboxylic acids is 1. The maximum Gasteiger partial charge on any atom is 0.322 e. The minimum Gasteiger partial charge on any atom is -0.385 e. The van der Waals surface area contributed by atoms with Gasteiger partial charge in [-0.15, -0.1) is 0 Å². The first-order valence-electron chi connectivity index (χ1n) is 8.14. The van der Waals surface area contributed by atoms with Crippen molar-refractivity contribution in [1.29, 1.82) is 0 Å². The van der Waals surface area contributed by atoms with Crippen LogP contribution in [-0.4, -0.2) is 31.2 Å². The van der Waals surface area contributed by atoms with Crippen molar-refractivity contribution in [3.8, 4) is 0 Å². The first kappa shape index (κ1) is 19.8. The molecular weight excluding hydrogens is 404 g/mol. The van der Waals surface area contributed by atoms with Crippen molar-refractivity contribution >= 4 is 39.2 Å². The average molecular weight is 426 g/mol. The number of hydrogen-bond donors (Lipinski definition) is 1. The summed E-state index contributed by atoms with van der Waals surface area (Å²) in [5, 5.41) is 3.40. The van der Waals surface area contributed by atoms with Gasteiger partial charge in [-0.3, -0.25) is 0 Å². The largest absolute Gasteiger partial charge is 0.385 e. The molecule has 0 heterocycles. The lowest BCUT2D eigenvalue weighted by atomic mass is 10.2. The number of hydrogen-bond acceptors (Lipinski definition) is 2. The molecule has 2 aromatic carbocycles. The van der Waals surface area contributed by atoms with Gasteiger partial charge in [0.05, 0.1) is 10.7 Å². The summed E-state index contributed by atoms with van der Waals surface area (Å²) in [5.41, 5.74) is 1.69. The van der Waals surface area contributed by atoms with Gasteiger partial charge in [0.25, 0.3) is 0 Å². The summed E-state index contributed by atoms with van der Waals surface area (Å²) >= 11 is 9.57. The van der Waals surface area contributed by atoms with Gasteiger partial charge in [-0.05, 0) is 36.6 Å². The molecule has 2 rings (SSSR count). The fraction of sp³-hybridized carbons (Fsp3) is 0.316. The Balaban J connectivity index is 2.05. The van der Waals surface area contributed by atoms with Crippen molar-refractivity contribution in [2.24, 2.45) is 0 Å². The Hall–Kier alpha value is -1.56. The molecule has 0 bridgehead atoms. The molecule has 0 saturated carbocycles. The zero-order valence-electron chi connectivity index (χ0n) is 14.2. The number of carbonyl (C=O) groups is 1. The van der Waals surface area contributed by atoms with E-state index in [1.807, 2.05) is 36.4 Å². The third-order valence-electron chi connectivity index (χ3n) is 3.70. The third kappa shape index (κ3) is 6.69. The molecule has 0 aliphatic carbocycles. The Morgan fingerprint density at radius 2 is 1.96 bits per heavy atom.